The van der Waals surface area contributed by atoms with Crippen molar-refractivity contribution in [1.29, 1.82) is 0 Å². The highest BCUT2D eigenvalue weighted by atomic mass is 35.5. The number of nitrogens with zero attached hydrogens (tertiary/aromatic N) is 1. The number of halogens is 1. The fraction of sp³-hybridized carbons (Fsp3) is 0.650. The van der Waals surface area contributed by atoms with E-state index in [1.54, 1.807) is 0 Å². The van der Waals surface area contributed by atoms with Gasteiger partial charge in [-0.25, -0.2) is 8.42 Å². The second-order valence-electron chi connectivity index (χ2n) is 7.81. The first kappa shape index (κ1) is 20.6. The van der Waals surface area contributed by atoms with Gasteiger partial charge in [0.2, 0.25) is 5.91 Å². The van der Waals surface area contributed by atoms with E-state index >= 15 is 0 Å². The van der Waals surface area contributed by atoms with Crippen molar-refractivity contribution < 1.29 is 13.2 Å². The zero-order valence-electron chi connectivity index (χ0n) is 15.9. The molecule has 1 heterocycles. The van der Waals surface area contributed by atoms with Crippen molar-refractivity contribution >= 4 is 27.3 Å². The summed E-state index contributed by atoms with van der Waals surface area (Å²) >= 11 is 6.06. The lowest BCUT2D eigenvalue weighted by molar-refractivity contribution is -0.135. The smallest absolute Gasteiger partial charge is 0.237 e. The van der Waals surface area contributed by atoms with E-state index < -0.39 is 9.84 Å². The quantitative estimate of drug-likeness (QED) is 0.778. The van der Waals surface area contributed by atoms with Gasteiger partial charge in [0.15, 0.2) is 9.84 Å². The molecule has 1 saturated heterocycles. The van der Waals surface area contributed by atoms with Crippen molar-refractivity contribution in [3.63, 3.8) is 0 Å². The average molecular weight is 413 g/mol. The topological polar surface area (TPSA) is 66.5 Å². The number of benzene rings is 1. The largest absolute Gasteiger partial charge is 0.335 e. The number of carbonyl (C=O) groups excluding carboxylic acids is 1. The highest BCUT2D eigenvalue weighted by Gasteiger charge is 2.38. The molecule has 2 atom stereocenters. The van der Waals surface area contributed by atoms with Gasteiger partial charge in [-0.3, -0.25) is 4.79 Å². The normalized spacial score (nSPS) is 23.9. The maximum Gasteiger partial charge on any atom is 0.237 e. The zero-order valence-corrected chi connectivity index (χ0v) is 17.4. The van der Waals surface area contributed by atoms with Gasteiger partial charge >= 0.3 is 0 Å². The molecule has 1 amide bonds. The molecule has 2 unspecified atom stereocenters. The SMILES string of the molecule is CC(NCC(=O)N(C1CCCCC1)C1CCS(=O)(=O)C1)c1cccc(Cl)c1. The van der Waals surface area contributed by atoms with E-state index in [9.17, 15) is 13.2 Å². The minimum absolute atomic E-state index is 0.00633. The predicted octanol–water partition coefficient (Wildman–Crippen LogP) is 3.34. The van der Waals surface area contributed by atoms with Gasteiger partial charge in [-0.05, 0) is 43.9 Å². The van der Waals surface area contributed by atoms with Crippen LogP contribution in [0.3, 0.4) is 0 Å². The molecule has 1 N–H and O–H groups in total. The molecule has 2 aliphatic rings. The van der Waals surface area contributed by atoms with Crippen LogP contribution < -0.4 is 5.32 Å². The predicted molar refractivity (Wildman–Crippen MR) is 109 cm³/mol. The van der Waals surface area contributed by atoms with Crippen LogP contribution in [0.15, 0.2) is 24.3 Å². The second-order valence-corrected chi connectivity index (χ2v) is 10.5. The van der Waals surface area contributed by atoms with Crippen molar-refractivity contribution in [2.45, 2.75) is 63.6 Å². The molecule has 150 valence electrons. The minimum Gasteiger partial charge on any atom is -0.335 e. The summed E-state index contributed by atoms with van der Waals surface area (Å²) in [6.45, 7) is 2.21. The molecular weight excluding hydrogens is 384 g/mol. The van der Waals surface area contributed by atoms with Crippen LogP contribution >= 0.6 is 11.6 Å². The fourth-order valence-corrected chi connectivity index (χ4v) is 6.19. The number of nitrogens with one attached hydrogen (secondary N) is 1. The van der Waals surface area contributed by atoms with E-state index in [2.05, 4.69) is 5.32 Å². The molecular formula is C20H29ClN2O3S. The molecule has 1 aromatic rings. The third kappa shape index (κ3) is 5.46. The second kappa shape index (κ2) is 8.93. The van der Waals surface area contributed by atoms with E-state index in [1.807, 2.05) is 36.1 Å². The lowest BCUT2D eigenvalue weighted by Gasteiger charge is -2.38. The average Bonchev–Trinajstić information content (AvgIpc) is 3.00. The molecule has 7 heteroatoms. The standard InChI is InChI=1S/C20H29ClN2O3S/c1-15(16-6-5-7-17(21)12-16)22-13-20(24)23(18-8-3-2-4-9-18)19-10-11-27(25,26)14-19/h5-7,12,15,18-19,22H,2-4,8-11,13-14H2,1H3. The Morgan fingerprint density at radius 1 is 1.22 bits per heavy atom. The summed E-state index contributed by atoms with van der Waals surface area (Å²) in [6, 6.07) is 7.60. The van der Waals surface area contributed by atoms with Crippen LogP contribution in [-0.4, -0.2) is 49.4 Å². The van der Waals surface area contributed by atoms with Gasteiger partial charge in [-0.1, -0.05) is 43.0 Å². The molecule has 1 aromatic carbocycles. The molecule has 3 rings (SSSR count). The fourth-order valence-electron chi connectivity index (χ4n) is 4.28. The van der Waals surface area contributed by atoms with E-state index in [4.69, 9.17) is 11.6 Å². The first-order valence-electron chi connectivity index (χ1n) is 9.86. The molecule has 0 bridgehead atoms. The number of rotatable bonds is 6. The third-order valence-electron chi connectivity index (χ3n) is 5.77. The number of hydrogen-bond acceptors (Lipinski definition) is 4. The third-order valence-corrected chi connectivity index (χ3v) is 7.75. The highest BCUT2D eigenvalue weighted by molar-refractivity contribution is 7.91. The Labute approximate surface area is 167 Å². The van der Waals surface area contributed by atoms with Crippen LogP contribution in [0.4, 0.5) is 0 Å². The van der Waals surface area contributed by atoms with E-state index in [1.165, 1.54) is 6.42 Å². The van der Waals surface area contributed by atoms with Crippen LogP contribution in [0.2, 0.25) is 5.02 Å². The van der Waals surface area contributed by atoms with Gasteiger partial charge in [0, 0.05) is 23.1 Å². The van der Waals surface area contributed by atoms with Crippen LogP contribution in [0.1, 0.15) is 57.1 Å². The Morgan fingerprint density at radius 2 is 1.96 bits per heavy atom. The molecule has 5 nitrogen and oxygen atoms in total. The lowest BCUT2D eigenvalue weighted by atomic mass is 9.93. The van der Waals surface area contributed by atoms with Crippen LogP contribution in [0.5, 0.6) is 0 Å². The lowest BCUT2D eigenvalue weighted by Crippen LogP contribution is -2.51. The zero-order chi connectivity index (χ0) is 19.4. The number of amides is 1. The van der Waals surface area contributed by atoms with Crippen molar-refractivity contribution in [3.8, 4) is 0 Å². The van der Waals surface area contributed by atoms with Crippen LogP contribution in [-0.2, 0) is 14.6 Å². The van der Waals surface area contributed by atoms with Crippen molar-refractivity contribution in [2.24, 2.45) is 0 Å². The summed E-state index contributed by atoms with van der Waals surface area (Å²) in [4.78, 5) is 15.0. The Balaban J connectivity index is 1.67. The van der Waals surface area contributed by atoms with E-state index in [0.717, 1.165) is 31.2 Å². The monoisotopic (exact) mass is 412 g/mol. The van der Waals surface area contributed by atoms with Crippen molar-refractivity contribution in [1.82, 2.24) is 10.2 Å². The van der Waals surface area contributed by atoms with E-state index in [-0.39, 0.29) is 42.1 Å². The first-order chi connectivity index (χ1) is 12.9. The van der Waals surface area contributed by atoms with E-state index in [0.29, 0.717) is 11.4 Å². The summed E-state index contributed by atoms with van der Waals surface area (Å²) in [7, 11) is -3.02. The van der Waals surface area contributed by atoms with Gasteiger partial charge in [-0.2, -0.15) is 0 Å². The van der Waals surface area contributed by atoms with Crippen molar-refractivity contribution in [2.75, 3.05) is 18.1 Å². The Hall–Kier alpha value is -1.11. The highest BCUT2D eigenvalue weighted by Crippen LogP contribution is 2.28. The molecule has 0 aromatic heterocycles. The number of hydrogen-bond donors (Lipinski definition) is 1. The summed E-state index contributed by atoms with van der Waals surface area (Å²) in [6.07, 6.45) is 5.94. The maximum atomic E-state index is 13.1. The molecule has 1 aliphatic carbocycles. The minimum atomic E-state index is -3.02. The molecule has 1 saturated carbocycles. The molecule has 0 spiro atoms. The van der Waals surface area contributed by atoms with Gasteiger partial charge in [0.05, 0.1) is 18.1 Å². The van der Waals surface area contributed by atoms with Gasteiger partial charge in [0.1, 0.15) is 0 Å². The molecule has 2 fully saturated rings. The van der Waals surface area contributed by atoms with Gasteiger partial charge in [-0.15, -0.1) is 0 Å². The summed E-state index contributed by atoms with van der Waals surface area (Å²) < 4.78 is 23.9. The van der Waals surface area contributed by atoms with Gasteiger partial charge in [0.25, 0.3) is 0 Å². The Kier molecular flexibility index (Phi) is 6.82. The van der Waals surface area contributed by atoms with Crippen molar-refractivity contribution in [3.05, 3.63) is 34.9 Å². The number of sulfone groups is 1. The first-order valence-corrected chi connectivity index (χ1v) is 12.1. The Bertz CT molecular complexity index is 762. The summed E-state index contributed by atoms with van der Waals surface area (Å²) in [5.41, 5.74) is 1.03. The molecule has 0 radical (unpaired) electrons. The Morgan fingerprint density at radius 3 is 2.59 bits per heavy atom. The summed E-state index contributed by atoms with van der Waals surface area (Å²) in [5, 5.41) is 3.96. The summed E-state index contributed by atoms with van der Waals surface area (Å²) in [5.74, 6) is 0.317. The van der Waals surface area contributed by atoms with Crippen LogP contribution in [0.25, 0.3) is 0 Å². The van der Waals surface area contributed by atoms with Gasteiger partial charge < -0.3 is 10.2 Å². The maximum absolute atomic E-state index is 13.1. The van der Waals surface area contributed by atoms with Crippen LogP contribution in [0, 0.1) is 0 Å². The molecule has 27 heavy (non-hydrogen) atoms. The molecule has 1 aliphatic heterocycles. The number of carbonyl (C=O) groups is 1.